The van der Waals surface area contributed by atoms with E-state index in [1.807, 2.05) is 12.1 Å². The smallest absolute Gasteiger partial charge is 0.247 e. The molecule has 1 amide bonds. The number of amides is 1. The zero-order valence-electron chi connectivity index (χ0n) is 9.96. The SMILES string of the molecule is C=CC(=O)Nc1c(S(N)(=O)=O)ccc2ccccc12. The van der Waals surface area contributed by atoms with Crippen LogP contribution in [-0.4, -0.2) is 14.3 Å². The van der Waals surface area contributed by atoms with Crippen molar-refractivity contribution in [3.63, 3.8) is 0 Å². The molecule has 0 radical (unpaired) electrons. The first-order valence-corrected chi connectivity index (χ1v) is 6.96. The van der Waals surface area contributed by atoms with Crippen LogP contribution in [0.4, 0.5) is 5.69 Å². The Labute approximate surface area is 110 Å². The van der Waals surface area contributed by atoms with Crippen molar-refractivity contribution in [1.82, 2.24) is 0 Å². The fraction of sp³-hybridized carbons (Fsp3) is 0. The maximum Gasteiger partial charge on any atom is 0.247 e. The average Bonchev–Trinajstić information content (AvgIpc) is 2.37. The Morgan fingerprint density at radius 2 is 1.89 bits per heavy atom. The fourth-order valence-corrected chi connectivity index (χ4v) is 2.50. The number of primary sulfonamides is 1. The summed E-state index contributed by atoms with van der Waals surface area (Å²) in [7, 11) is -3.93. The van der Waals surface area contributed by atoms with Crippen LogP contribution in [0.5, 0.6) is 0 Å². The van der Waals surface area contributed by atoms with Gasteiger partial charge in [-0.15, -0.1) is 0 Å². The van der Waals surface area contributed by atoms with Crippen molar-refractivity contribution in [2.75, 3.05) is 5.32 Å². The van der Waals surface area contributed by atoms with Crippen LogP contribution in [0.15, 0.2) is 53.9 Å². The zero-order chi connectivity index (χ0) is 14.0. The molecule has 2 aromatic carbocycles. The Hall–Kier alpha value is -2.18. The number of nitrogens with two attached hydrogens (primary N) is 1. The molecule has 0 atom stereocenters. The van der Waals surface area contributed by atoms with E-state index in [4.69, 9.17) is 5.14 Å². The Bertz CT molecular complexity index is 767. The van der Waals surface area contributed by atoms with Crippen molar-refractivity contribution in [3.8, 4) is 0 Å². The number of rotatable bonds is 3. The zero-order valence-corrected chi connectivity index (χ0v) is 10.8. The lowest BCUT2D eigenvalue weighted by Gasteiger charge is -2.11. The fourth-order valence-electron chi connectivity index (χ4n) is 1.79. The normalized spacial score (nSPS) is 11.2. The molecule has 2 aromatic rings. The number of benzene rings is 2. The van der Waals surface area contributed by atoms with Crippen LogP contribution in [0.3, 0.4) is 0 Å². The highest BCUT2D eigenvalue weighted by Gasteiger charge is 2.17. The molecule has 5 nitrogen and oxygen atoms in total. The van der Waals surface area contributed by atoms with Crippen molar-refractivity contribution in [1.29, 1.82) is 0 Å². The maximum absolute atomic E-state index is 11.6. The second kappa shape index (κ2) is 4.83. The quantitative estimate of drug-likeness (QED) is 0.835. The highest BCUT2D eigenvalue weighted by Crippen LogP contribution is 2.30. The van der Waals surface area contributed by atoms with E-state index in [0.29, 0.717) is 5.39 Å². The van der Waals surface area contributed by atoms with Gasteiger partial charge in [-0.05, 0) is 17.5 Å². The number of sulfonamides is 1. The Balaban J connectivity index is 2.79. The summed E-state index contributed by atoms with van der Waals surface area (Å²) in [6.07, 6.45) is 1.06. The summed E-state index contributed by atoms with van der Waals surface area (Å²) >= 11 is 0. The molecular formula is C13H12N2O3S. The van der Waals surface area contributed by atoms with Gasteiger partial charge in [0.2, 0.25) is 15.9 Å². The molecule has 0 heterocycles. The average molecular weight is 276 g/mol. The molecule has 0 saturated heterocycles. The van der Waals surface area contributed by atoms with Gasteiger partial charge in [0.15, 0.2) is 0 Å². The third kappa shape index (κ3) is 2.64. The molecule has 0 bridgehead atoms. The predicted molar refractivity (Wildman–Crippen MR) is 74.1 cm³/mol. The van der Waals surface area contributed by atoms with Gasteiger partial charge in [-0.2, -0.15) is 0 Å². The lowest BCUT2D eigenvalue weighted by atomic mass is 10.1. The highest BCUT2D eigenvalue weighted by molar-refractivity contribution is 7.89. The highest BCUT2D eigenvalue weighted by atomic mass is 32.2. The van der Waals surface area contributed by atoms with Crippen molar-refractivity contribution in [3.05, 3.63) is 49.1 Å². The summed E-state index contributed by atoms with van der Waals surface area (Å²) in [6, 6.07) is 10.1. The van der Waals surface area contributed by atoms with Gasteiger partial charge in [0.1, 0.15) is 4.90 Å². The van der Waals surface area contributed by atoms with Crippen LogP contribution in [0.1, 0.15) is 0 Å². The van der Waals surface area contributed by atoms with E-state index in [9.17, 15) is 13.2 Å². The monoisotopic (exact) mass is 276 g/mol. The Morgan fingerprint density at radius 1 is 1.21 bits per heavy atom. The molecule has 0 unspecified atom stereocenters. The number of fused-ring (bicyclic) bond motifs is 1. The second-order valence-electron chi connectivity index (χ2n) is 3.90. The first-order valence-electron chi connectivity index (χ1n) is 5.41. The summed E-state index contributed by atoms with van der Waals surface area (Å²) in [5.41, 5.74) is 0.172. The van der Waals surface area contributed by atoms with Crippen LogP contribution in [0, 0.1) is 0 Å². The minimum atomic E-state index is -3.93. The number of anilines is 1. The van der Waals surface area contributed by atoms with Crippen molar-refractivity contribution >= 4 is 32.4 Å². The van der Waals surface area contributed by atoms with Crippen LogP contribution in [0.2, 0.25) is 0 Å². The molecule has 98 valence electrons. The van der Waals surface area contributed by atoms with Gasteiger partial charge < -0.3 is 5.32 Å². The lowest BCUT2D eigenvalue weighted by molar-refractivity contribution is -0.111. The summed E-state index contributed by atoms with van der Waals surface area (Å²) in [6.45, 7) is 3.34. The molecule has 0 aliphatic carbocycles. The molecule has 0 fully saturated rings. The number of hydrogen-bond donors (Lipinski definition) is 2. The number of carbonyl (C=O) groups excluding carboxylic acids is 1. The molecule has 0 aliphatic rings. The minimum absolute atomic E-state index is 0.124. The molecular weight excluding hydrogens is 264 g/mol. The van der Waals surface area contributed by atoms with Gasteiger partial charge in [0.05, 0.1) is 5.69 Å². The van der Waals surface area contributed by atoms with Gasteiger partial charge in [-0.25, -0.2) is 13.6 Å². The number of carbonyl (C=O) groups is 1. The molecule has 0 aromatic heterocycles. The predicted octanol–water partition coefficient (Wildman–Crippen LogP) is 1.61. The Kier molecular flexibility index (Phi) is 3.37. The van der Waals surface area contributed by atoms with E-state index >= 15 is 0 Å². The second-order valence-corrected chi connectivity index (χ2v) is 5.43. The van der Waals surface area contributed by atoms with E-state index in [1.54, 1.807) is 18.2 Å². The summed E-state index contributed by atoms with van der Waals surface area (Å²) < 4.78 is 23.1. The van der Waals surface area contributed by atoms with Gasteiger partial charge in [-0.3, -0.25) is 4.79 Å². The molecule has 0 saturated carbocycles. The maximum atomic E-state index is 11.6. The number of nitrogens with one attached hydrogen (secondary N) is 1. The van der Waals surface area contributed by atoms with E-state index in [0.717, 1.165) is 11.5 Å². The van der Waals surface area contributed by atoms with Crippen molar-refractivity contribution in [2.24, 2.45) is 5.14 Å². The summed E-state index contributed by atoms with van der Waals surface area (Å²) in [4.78, 5) is 11.3. The first kappa shape index (κ1) is 13.3. The van der Waals surface area contributed by atoms with Gasteiger partial charge >= 0.3 is 0 Å². The molecule has 0 spiro atoms. The summed E-state index contributed by atoms with van der Waals surface area (Å²) in [5, 5.41) is 9.06. The van der Waals surface area contributed by atoms with E-state index < -0.39 is 15.9 Å². The van der Waals surface area contributed by atoms with Crippen molar-refractivity contribution in [2.45, 2.75) is 4.90 Å². The molecule has 0 aliphatic heterocycles. The molecule has 6 heteroatoms. The number of hydrogen-bond acceptors (Lipinski definition) is 3. The van der Waals surface area contributed by atoms with Gasteiger partial charge in [-0.1, -0.05) is 36.9 Å². The van der Waals surface area contributed by atoms with E-state index in [2.05, 4.69) is 11.9 Å². The standard InChI is InChI=1S/C13H12N2O3S/c1-2-12(16)15-13-10-6-4-3-5-9(10)7-8-11(13)19(14,17)18/h2-8H,1H2,(H,15,16)(H2,14,17,18). The lowest BCUT2D eigenvalue weighted by Crippen LogP contribution is -2.17. The van der Waals surface area contributed by atoms with E-state index in [-0.39, 0.29) is 10.6 Å². The van der Waals surface area contributed by atoms with Crippen molar-refractivity contribution < 1.29 is 13.2 Å². The van der Waals surface area contributed by atoms with Crippen LogP contribution >= 0.6 is 0 Å². The summed E-state index contributed by atoms with van der Waals surface area (Å²) in [5.74, 6) is -0.499. The topological polar surface area (TPSA) is 89.3 Å². The van der Waals surface area contributed by atoms with Crippen LogP contribution in [0.25, 0.3) is 10.8 Å². The molecule has 19 heavy (non-hydrogen) atoms. The molecule has 3 N–H and O–H groups in total. The van der Waals surface area contributed by atoms with E-state index in [1.165, 1.54) is 6.07 Å². The molecule has 2 rings (SSSR count). The van der Waals surface area contributed by atoms with Crippen LogP contribution < -0.4 is 10.5 Å². The minimum Gasteiger partial charge on any atom is -0.321 e. The Morgan fingerprint density at radius 3 is 2.53 bits per heavy atom. The largest absolute Gasteiger partial charge is 0.321 e. The van der Waals surface area contributed by atoms with Gasteiger partial charge in [0, 0.05) is 5.39 Å². The first-order chi connectivity index (χ1) is 8.93. The third-order valence-corrected chi connectivity index (χ3v) is 3.58. The van der Waals surface area contributed by atoms with Gasteiger partial charge in [0.25, 0.3) is 0 Å². The third-order valence-electron chi connectivity index (χ3n) is 2.63. The van der Waals surface area contributed by atoms with Crippen LogP contribution in [-0.2, 0) is 14.8 Å².